The minimum atomic E-state index is 0.418. The highest BCUT2D eigenvalue weighted by Gasteiger charge is 2.03. The van der Waals surface area contributed by atoms with Gasteiger partial charge in [0.1, 0.15) is 17.4 Å². The Bertz CT molecular complexity index is 531. The zero-order chi connectivity index (χ0) is 12.3. The highest BCUT2D eigenvalue weighted by molar-refractivity contribution is 9.10. The van der Waals surface area contributed by atoms with Gasteiger partial charge in [0.25, 0.3) is 0 Å². The number of nitrogens with zero attached hydrogens (tertiary/aromatic N) is 2. The molecule has 0 fully saturated rings. The van der Waals surface area contributed by atoms with Crippen molar-refractivity contribution in [3.63, 3.8) is 0 Å². The van der Waals surface area contributed by atoms with Crippen LogP contribution in [0.1, 0.15) is 12.7 Å². The third-order valence-corrected chi connectivity index (χ3v) is 2.60. The SMILES string of the molecule is CCc1nc(N)cc(Oc2cccc(Br)c2)n1. The summed E-state index contributed by atoms with van der Waals surface area (Å²) < 4.78 is 6.57. The van der Waals surface area contributed by atoms with Crippen molar-refractivity contribution in [3.8, 4) is 11.6 Å². The lowest BCUT2D eigenvalue weighted by Crippen LogP contribution is -2.00. The first-order chi connectivity index (χ1) is 8.17. The van der Waals surface area contributed by atoms with E-state index in [0.717, 1.165) is 10.9 Å². The van der Waals surface area contributed by atoms with Crippen LogP contribution < -0.4 is 10.5 Å². The topological polar surface area (TPSA) is 61.0 Å². The van der Waals surface area contributed by atoms with Gasteiger partial charge in [0.05, 0.1) is 0 Å². The van der Waals surface area contributed by atoms with Gasteiger partial charge < -0.3 is 10.5 Å². The molecule has 1 aromatic carbocycles. The largest absolute Gasteiger partial charge is 0.439 e. The van der Waals surface area contributed by atoms with Gasteiger partial charge in [-0.15, -0.1) is 0 Å². The second kappa shape index (κ2) is 5.14. The molecular formula is C12H12BrN3O. The van der Waals surface area contributed by atoms with Gasteiger partial charge in [-0.05, 0) is 18.2 Å². The standard InChI is InChI=1S/C12H12BrN3O/c1-2-11-15-10(14)7-12(16-11)17-9-5-3-4-8(13)6-9/h3-7H,2H2,1H3,(H2,14,15,16). The molecule has 0 aliphatic rings. The average Bonchev–Trinajstić information content (AvgIpc) is 2.28. The van der Waals surface area contributed by atoms with Crippen LogP contribution in [0.15, 0.2) is 34.8 Å². The molecule has 0 bridgehead atoms. The number of rotatable bonds is 3. The summed E-state index contributed by atoms with van der Waals surface area (Å²) in [5.41, 5.74) is 5.68. The van der Waals surface area contributed by atoms with Crippen molar-refractivity contribution >= 4 is 21.7 Å². The van der Waals surface area contributed by atoms with Crippen molar-refractivity contribution in [2.45, 2.75) is 13.3 Å². The van der Waals surface area contributed by atoms with Gasteiger partial charge in [0, 0.05) is 17.0 Å². The summed E-state index contributed by atoms with van der Waals surface area (Å²) in [6, 6.07) is 9.15. The van der Waals surface area contributed by atoms with Crippen LogP contribution in [-0.2, 0) is 6.42 Å². The van der Waals surface area contributed by atoms with Gasteiger partial charge in [-0.2, -0.15) is 4.98 Å². The van der Waals surface area contributed by atoms with Crippen molar-refractivity contribution in [2.24, 2.45) is 0 Å². The van der Waals surface area contributed by atoms with Gasteiger partial charge in [0.2, 0.25) is 5.88 Å². The number of nitrogen functional groups attached to an aromatic ring is 1. The fourth-order valence-corrected chi connectivity index (χ4v) is 1.73. The van der Waals surface area contributed by atoms with E-state index in [0.29, 0.717) is 23.3 Å². The van der Waals surface area contributed by atoms with Crippen LogP contribution in [0.25, 0.3) is 0 Å². The van der Waals surface area contributed by atoms with Crippen LogP contribution in [0.4, 0.5) is 5.82 Å². The van der Waals surface area contributed by atoms with Gasteiger partial charge in [0.15, 0.2) is 0 Å². The highest BCUT2D eigenvalue weighted by atomic mass is 79.9. The van der Waals surface area contributed by atoms with E-state index in [1.54, 1.807) is 6.07 Å². The predicted molar refractivity (Wildman–Crippen MR) is 70.0 cm³/mol. The summed E-state index contributed by atoms with van der Waals surface area (Å²) in [4.78, 5) is 8.34. The number of hydrogen-bond acceptors (Lipinski definition) is 4. The lowest BCUT2D eigenvalue weighted by Gasteiger charge is -2.06. The number of halogens is 1. The van der Waals surface area contributed by atoms with Gasteiger partial charge in [-0.25, -0.2) is 4.98 Å². The Morgan fingerprint density at radius 2 is 2.12 bits per heavy atom. The maximum Gasteiger partial charge on any atom is 0.224 e. The molecule has 0 spiro atoms. The summed E-state index contributed by atoms with van der Waals surface area (Å²) in [5.74, 6) is 2.27. The van der Waals surface area contributed by atoms with Crippen molar-refractivity contribution in [1.29, 1.82) is 0 Å². The molecule has 2 N–H and O–H groups in total. The minimum absolute atomic E-state index is 0.418. The van der Waals surface area contributed by atoms with Crippen LogP contribution >= 0.6 is 15.9 Å². The van der Waals surface area contributed by atoms with E-state index in [4.69, 9.17) is 10.5 Å². The fourth-order valence-electron chi connectivity index (χ4n) is 1.35. The van der Waals surface area contributed by atoms with E-state index in [1.165, 1.54) is 0 Å². The molecule has 1 heterocycles. The van der Waals surface area contributed by atoms with Crippen LogP contribution in [0.3, 0.4) is 0 Å². The van der Waals surface area contributed by atoms with Gasteiger partial charge >= 0.3 is 0 Å². The van der Waals surface area contributed by atoms with Crippen molar-refractivity contribution in [1.82, 2.24) is 9.97 Å². The molecule has 0 aliphatic carbocycles. The third kappa shape index (κ3) is 3.17. The summed E-state index contributed by atoms with van der Waals surface area (Å²) in [5, 5.41) is 0. The van der Waals surface area contributed by atoms with Crippen LogP contribution in [-0.4, -0.2) is 9.97 Å². The quantitative estimate of drug-likeness (QED) is 0.944. The second-order valence-corrected chi connectivity index (χ2v) is 4.38. The zero-order valence-corrected chi connectivity index (χ0v) is 10.9. The first-order valence-corrected chi connectivity index (χ1v) is 6.03. The van der Waals surface area contributed by atoms with Crippen molar-refractivity contribution in [3.05, 3.63) is 40.6 Å². The first kappa shape index (κ1) is 11.9. The molecule has 4 nitrogen and oxygen atoms in total. The second-order valence-electron chi connectivity index (χ2n) is 3.46. The first-order valence-electron chi connectivity index (χ1n) is 5.24. The Morgan fingerprint density at radius 1 is 1.29 bits per heavy atom. The molecule has 2 aromatic rings. The molecular weight excluding hydrogens is 282 g/mol. The molecule has 2 rings (SSSR count). The number of nitrogens with two attached hydrogens (primary N) is 1. The monoisotopic (exact) mass is 293 g/mol. The van der Waals surface area contributed by atoms with Crippen molar-refractivity contribution in [2.75, 3.05) is 5.73 Å². The fraction of sp³-hybridized carbons (Fsp3) is 0.167. The van der Waals surface area contributed by atoms with E-state index in [-0.39, 0.29) is 0 Å². The molecule has 17 heavy (non-hydrogen) atoms. The van der Waals surface area contributed by atoms with Gasteiger partial charge in [-0.1, -0.05) is 28.9 Å². The average molecular weight is 294 g/mol. The Labute approximate surface area is 108 Å². The Kier molecular flexibility index (Phi) is 3.58. The van der Waals surface area contributed by atoms with Gasteiger partial charge in [-0.3, -0.25) is 0 Å². The van der Waals surface area contributed by atoms with Crippen molar-refractivity contribution < 1.29 is 4.74 Å². The van der Waals surface area contributed by atoms with Crippen LogP contribution in [0, 0.1) is 0 Å². The predicted octanol–water partition coefficient (Wildman–Crippen LogP) is 3.18. The van der Waals surface area contributed by atoms with E-state index in [1.807, 2.05) is 31.2 Å². The number of ether oxygens (including phenoxy) is 1. The summed E-state index contributed by atoms with van der Waals surface area (Å²) in [7, 11) is 0. The zero-order valence-electron chi connectivity index (χ0n) is 9.35. The molecule has 0 radical (unpaired) electrons. The number of hydrogen-bond donors (Lipinski definition) is 1. The normalized spacial score (nSPS) is 10.2. The molecule has 0 atom stereocenters. The maximum absolute atomic E-state index is 5.68. The molecule has 0 aliphatic heterocycles. The maximum atomic E-state index is 5.68. The molecule has 5 heteroatoms. The Morgan fingerprint density at radius 3 is 2.82 bits per heavy atom. The third-order valence-electron chi connectivity index (χ3n) is 2.10. The molecule has 0 unspecified atom stereocenters. The van der Waals surface area contributed by atoms with E-state index < -0.39 is 0 Å². The lowest BCUT2D eigenvalue weighted by atomic mass is 10.3. The molecule has 88 valence electrons. The Balaban J connectivity index is 2.26. The molecule has 0 saturated carbocycles. The smallest absolute Gasteiger partial charge is 0.224 e. The summed E-state index contributed by atoms with van der Waals surface area (Å²) in [6.45, 7) is 1.97. The lowest BCUT2D eigenvalue weighted by molar-refractivity contribution is 0.459. The number of benzene rings is 1. The summed E-state index contributed by atoms with van der Waals surface area (Å²) in [6.07, 6.45) is 0.722. The highest BCUT2D eigenvalue weighted by Crippen LogP contribution is 2.23. The van der Waals surface area contributed by atoms with Crippen LogP contribution in [0.2, 0.25) is 0 Å². The number of aryl methyl sites for hydroxylation is 1. The van der Waals surface area contributed by atoms with E-state index >= 15 is 0 Å². The van der Waals surface area contributed by atoms with E-state index in [2.05, 4.69) is 25.9 Å². The number of anilines is 1. The summed E-state index contributed by atoms with van der Waals surface area (Å²) >= 11 is 3.38. The minimum Gasteiger partial charge on any atom is -0.439 e. The van der Waals surface area contributed by atoms with Crippen LogP contribution in [0.5, 0.6) is 11.6 Å². The van der Waals surface area contributed by atoms with E-state index in [9.17, 15) is 0 Å². The molecule has 1 aromatic heterocycles. The Hall–Kier alpha value is -1.62. The molecule has 0 amide bonds. The molecule has 0 saturated heterocycles. The number of aromatic nitrogens is 2.